The highest BCUT2D eigenvalue weighted by molar-refractivity contribution is 7.89. The van der Waals surface area contributed by atoms with Gasteiger partial charge >= 0.3 is 0 Å². The van der Waals surface area contributed by atoms with Crippen molar-refractivity contribution in [2.24, 2.45) is 10.9 Å². The molecule has 0 spiro atoms. The fraction of sp³-hybridized carbons (Fsp3) is 0.611. The molecule has 2 N–H and O–H groups in total. The van der Waals surface area contributed by atoms with Crippen LogP contribution in [0.2, 0.25) is 0 Å². The molecule has 0 atom stereocenters. The van der Waals surface area contributed by atoms with Gasteiger partial charge in [-0.1, -0.05) is 30.7 Å². The fourth-order valence-electron chi connectivity index (χ4n) is 3.32. The standard InChI is InChI=1S/C18H28N4O2S/c1-19-18(22-11-9-16-7-2-3-8-17(16)14-22)20-10-12-25(23,24)21-13-15-5-4-6-15/h2-3,7-8,15,21H,4-6,9-14H2,1H3,(H,19,20). The predicted octanol–water partition coefficient (Wildman–Crippen LogP) is 1.34. The molecule has 25 heavy (non-hydrogen) atoms. The van der Waals surface area contributed by atoms with E-state index >= 15 is 0 Å². The topological polar surface area (TPSA) is 73.8 Å². The lowest BCUT2D eigenvalue weighted by Gasteiger charge is -2.31. The van der Waals surface area contributed by atoms with Crippen LogP contribution in [-0.2, 0) is 23.0 Å². The number of rotatable bonds is 6. The van der Waals surface area contributed by atoms with Crippen molar-refractivity contribution < 1.29 is 8.42 Å². The van der Waals surface area contributed by atoms with Crippen LogP contribution < -0.4 is 10.0 Å². The Morgan fingerprint density at radius 2 is 2.04 bits per heavy atom. The molecular weight excluding hydrogens is 336 g/mol. The number of nitrogens with one attached hydrogen (secondary N) is 2. The minimum Gasteiger partial charge on any atom is -0.355 e. The summed E-state index contributed by atoms with van der Waals surface area (Å²) in [6, 6.07) is 8.44. The molecule has 7 heteroatoms. The molecule has 0 bridgehead atoms. The Morgan fingerprint density at radius 1 is 1.28 bits per heavy atom. The van der Waals surface area contributed by atoms with E-state index in [0.717, 1.165) is 38.3 Å². The summed E-state index contributed by atoms with van der Waals surface area (Å²) in [6.45, 7) is 2.65. The molecule has 1 aromatic rings. The van der Waals surface area contributed by atoms with Crippen molar-refractivity contribution in [3.63, 3.8) is 0 Å². The van der Waals surface area contributed by atoms with Crippen molar-refractivity contribution in [2.45, 2.75) is 32.2 Å². The zero-order valence-electron chi connectivity index (χ0n) is 14.9. The molecule has 2 aliphatic rings. The summed E-state index contributed by atoms with van der Waals surface area (Å²) < 4.78 is 26.9. The van der Waals surface area contributed by atoms with Crippen molar-refractivity contribution >= 4 is 16.0 Å². The second-order valence-corrected chi connectivity index (χ2v) is 8.80. The van der Waals surface area contributed by atoms with E-state index in [-0.39, 0.29) is 5.75 Å². The Labute approximate surface area is 150 Å². The van der Waals surface area contributed by atoms with Crippen molar-refractivity contribution in [2.75, 3.05) is 32.4 Å². The van der Waals surface area contributed by atoms with Gasteiger partial charge in [-0.15, -0.1) is 0 Å². The third kappa shape index (κ3) is 4.95. The van der Waals surface area contributed by atoms with Gasteiger partial charge in [-0.2, -0.15) is 0 Å². The smallest absolute Gasteiger partial charge is 0.213 e. The minimum atomic E-state index is -3.22. The van der Waals surface area contributed by atoms with Gasteiger partial charge in [-0.25, -0.2) is 13.1 Å². The fourth-order valence-corrected chi connectivity index (χ4v) is 4.32. The highest BCUT2D eigenvalue weighted by Gasteiger charge is 2.21. The highest BCUT2D eigenvalue weighted by atomic mass is 32.2. The van der Waals surface area contributed by atoms with Crippen LogP contribution in [0.4, 0.5) is 0 Å². The van der Waals surface area contributed by atoms with Crippen LogP contribution in [0.5, 0.6) is 0 Å². The first-order valence-corrected chi connectivity index (χ1v) is 10.7. The molecule has 0 saturated heterocycles. The van der Waals surface area contributed by atoms with E-state index < -0.39 is 10.0 Å². The number of hydrogen-bond acceptors (Lipinski definition) is 3. The predicted molar refractivity (Wildman–Crippen MR) is 101 cm³/mol. The molecule has 1 aromatic carbocycles. The third-order valence-corrected chi connectivity index (χ3v) is 6.46. The Balaban J connectivity index is 1.46. The van der Waals surface area contributed by atoms with Crippen LogP contribution in [0.15, 0.2) is 29.3 Å². The summed E-state index contributed by atoms with van der Waals surface area (Å²) in [5, 5.41) is 3.20. The lowest BCUT2D eigenvalue weighted by atomic mass is 9.86. The second-order valence-electron chi connectivity index (χ2n) is 6.88. The third-order valence-electron chi connectivity index (χ3n) is 5.11. The Hall–Kier alpha value is -1.60. The number of fused-ring (bicyclic) bond motifs is 1. The minimum absolute atomic E-state index is 0.0726. The molecule has 0 aromatic heterocycles. The van der Waals surface area contributed by atoms with Gasteiger partial charge < -0.3 is 10.2 Å². The lowest BCUT2D eigenvalue weighted by molar-refractivity contribution is 0.316. The molecule has 138 valence electrons. The van der Waals surface area contributed by atoms with Crippen molar-refractivity contribution in [1.82, 2.24) is 14.9 Å². The molecular formula is C18H28N4O2S. The SMILES string of the molecule is CN=C(NCCS(=O)(=O)NCC1CCC1)N1CCc2ccccc2C1. The zero-order chi connectivity index (χ0) is 17.7. The summed E-state index contributed by atoms with van der Waals surface area (Å²) in [5.74, 6) is 1.37. The molecule has 1 aliphatic carbocycles. The van der Waals surface area contributed by atoms with Gasteiger partial charge in [0.2, 0.25) is 10.0 Å². The van der Waals surface area contributed by atoms with E-state index in [0.29, 0.717) is 19.0 Å². The number of hydrogen-bond donors (Lipinski definition) is 2. The summed E-state index contributed by atoms with van der Waals surface area (Å²) in [6.07, 6.45) is 4.50. The molecule has 1 fully saturated rings. The van der Waals surface area contributed by atoms with Crippen LogP contribution in [-0.4, -0.2) is 51.7 Å². The Morgan fingerprint density at radius 3 is 2.72 bits per heavy atom. The number of guanidine groups is 1. The number of benzene rings is 1. The average molecular weight is 365 g/mol. The first kappa shape index (κ1) is 18.2. The van der Waals surface area contributed by atoms with Crippen molar-refractivity contribution in [1.29, 1.82) is 0 Å². The molecule has 6 nitrogen and oxygen atoms in total. The van der Waals surface area contributed by atoms with E-state index in [1.54, 1.807) is 7.05 Å². The number of aliphatic imine (C=N–C) groups is 1. The second kappa shape index (κ2) is 8.19. The van der Waals surface area contributed by atoms with Gasteiger partial charge in [-0.3, -0.25) is 4.99 Å². The number of sulfonamides is 1. The van der Waals surface area contributed by atoms with E-state index in [9.17, 15) is 8.42 Å². The molecule has 1 heterocycles. The molecule has 0 amide bonds. The maximum Gasteiger partial charge on any atom is 0.213 e. The quantitative estimate of drug-likeness (QED) is 0.590. The molecule has 0 unspecified atom stereocenters. The van der Waals surface area contributed by atoms with E-state index in [1.165, 1.54) is 17.5 Å². The largest absolute Gasteiger partial charge is 0.355 e. The molecule has 0 radical (unpaired) electrons. The first-order valence-electron chi connectivity index (χ1n) is 9.07. The van der Waals surface area contributed by atoms with Gasteiger partial charge in [0.25, 0.3) is 0 Å². The summed E-state index contributed by atoms with van der Waals surface area (Å²) in [5.41, 5.74) is 2.70. The van der Waals surface area contributed by atoms with E-state index in [1.807, 2.05) is 0 Å². The normalized spacial score (nSPS) is 18.6. The first-order chi connectivity index (χ1) is 12.1. The Kier molecular flexibility index (Phi) is 5.96. The van der Waals surface area contributed by atoms with Crippen molar-refractivity contribution in [3.05, 3.63) is 35.4 Å². The monoisotopic (exact) mass is 364 g/mol. The van der Waals surface area contributed by atoms with Crippen molar-refractivity contribution in [3.8, 4) is 0 Å². The van der Waals surface area contributed by atoms with Crippen LogP contribution >= 0.6 is 0 Å². The molecule has 1 saturated carbocycles. The summed E-state index contributed by atoms with van der Waals surface area (Å²) in [4.78, 5) is 6.49. The average Bonchev–Trinajstić information content (AvgIpc) is 2.57. The maximum absolute atomic E-state index is 12.1. The van der Waals surface area contributed by atoms with Crippen LogP contribution in [0, 0.1) is 5.92 Å². The van der Waals surface area contributed by atoms with Crippen LogP contribution in [0.3, 0.4) is 0 Å². The van der Waals surface area contributed by atoms with Gasteiger partial charge in [0.05, 0.1) is 5.75 Å². The van der Waals surface area contributed by atoms with Gasteiger partial charge in [0.15, 0.2) is 5.96 Å². The van der Waals surface area contributed by atoms with E-state index in [2.05, 4.69) is 44.2 Å². The molecule has 3 rings (SSSR count). The zero-order valence-corrected chi connectivity index (χ0v) is 15.7. The Bertz CT molecular complexity index is 714. The molecule has 1 aliphatic heterocycles. The summed E-state index contributed by atoms with van der Waals surface area (Å²) in [7, 11) is -1.48. The van der Waals surface area contributed by atoms with Gasteiger partial charge in [-0.05, 0) is 36.3 Å². The number of nitrogens with zero attached hydrogens (tertiary/aromatic N) is 2. The van der Waals surface area contributed by atoms with Gasteiger partial charge in [0, 0.05) is 33.2 Å². The van der Waals surface area contributed by atoms with Gasteiger partial charge in [0.1, 0.15) is 0 Å². The van der Waals surface area contributed by atoms with E-state index in [4.69, 9.17) is 0 Å². The summed E-state index contributed by atoms with van der Waals surface area (Å²) >= 11 is 0. The van der Waals surface area contributed by atoms with Crippen LogP contribution in [0.25, 0.3) is 0 Å². The maximum atomic E-state index is 12.1. The van der Waals surface area contributed by atoms with Crippen LogP contribution in [0.1, 0.15) is 30.4 Å². The highest BCUT2D eigenvalue weighted by Crippen LogP contribution is 2.25. The lowest BCUT2D eigenvalue weighted by Crippen LogP contribution is -2.46.